The van der Waals surface area contributed by atoms with Gasteiger partial charge in [0.25, 0.3) is 0 Å². The Labute approximate surface area is 119 Å². The SMILES string of the molecule is CC(C(=O)N(C)C)N(C)CCOc1cccc(Cl)c1. The van der Waals surface area contributed by atoms with Crippen LogP contribution in [0.25, 0.3) is 0 Å². The summed E-state index contributed by atoms with van der Waals surface area (Å²) < 4.78 is 5.60. The molecule has 4 nitrogen and oxygen atoms in total. The van der Waals surface area contributed by atoms with Crippen LogP contribution in [0, 0.1) is 0 Å². The Bertz CT molecular complexity index is 424. The summed E-state index contributed by atoms with van der Waals surface area (Å²) in [6, 6.07) is 7.13. The first-order valence-corrected chi connectivity index (χ1v) is 6.59. The van der Waals surface area contributed by atoms with Crippen LogP contribution >= 0.6 is 11.6 Å². The molecule has 1 atom stereocenters. The number of nitrogens with zero attached hydrogens (tertiary/aromatic N) is 2. The molecule has 1 amide bonds. The normalized spacial score (nSPS) is 12.3. The second-order valence-corrected chi connectivity index (χ2v) is 5.13. The standard InChI is InChI=1S/C14H21ClN2O2/c1-11(14(18)16(2)3)17(4)8-9-19-13-7-5-6-12(15)10-13/h5-7,10-11H,8-9H2,1-4H3. The molecule has 1 aromatic rings. The van der Waals surface area contributed by atoms with E-state index in [2.05, 4.69) is 0 Å². The van der Waals surface area contributed by atoms with Gasteiger partial charge >= 0.3 is 0 Å². The Hall–Kier alpha value is -1.26. The molecule has 0 heterocycles. The van der Waals surface area contributed by atoms with E-state index in [0.29, 0.717) is 18.2 Å². The molecule has 0 saturated carbocycles. The average molecular weight is 285 g/mol. The predicted octanol–water partition coefficient (Wildman–Crippen LogP) is 2.13. The van der Waals surface area contributed by atoms with Crippen LogP contribution in [0.3, 0.4) is 0 Å². The molecule has 106 valence electrons. The number of carbonyl (C=O) groups is 1. The molecule has 0 saturated heterocycles. The van der Waals surface area contributed by atoms with Gasteiger partial charge in [-0.1, -0.05) is 17.7 Å². The quantitative estimate of drug-likeness (QED) is 0.802. The number of carbonyl (C=O) groups excluding carboxylic acids is 1. The molecule has 1 aromatic carbocycles. The van der Waals surface area contributed by atoms with Gasteiger partial charge in [-0.2, -0.15) is 0 Å². The van der Waals surface area contributed by atoms with E-state index in [4.69, 9.17) is 16.3 Å². The summed E-state index contributed by atoms with van der Waals surface area (Å²) in [4.78, 5) is 15.3. The third-order valence-corrected chi connectivity index (χ3v) is 3.20. The Morgan fingerprint density at radius 3 is 2.63 bits per heavy atom. The van der Waals surface area contributed by atoms with Crippen LogP contribution < -0.4 is 4.74 Å². The van der Waals surface area contributed by atoms with Crippen molar-refractivity contribution in [3.05, 3.63) is 29.3 Å². The summed E-state index contributed by atoms with van der Waals surface area (Å²) in [5.41, 5.74) is 0. The fourth-order valence-corrected chi connectivity index (χ4v) is 1.80. The highest BCUT2D eigenvalue weighted by Gasteiger charge is 2.19. The van der Waals surface area contributed by atoms with Crippen molar-refractivity contribution in [1.82, 2.24) is 9.80 Å². The van der Waals surface area contributed by atoms with Crippen molar-refractivity contribution in [3.63, 3.8) is 0 Å². The van der Waals surface area contributed by atoms with Crippen LogP contribution in [0.5, 0.6) is 5.75 Å². The number of amides is 1. The van der Waals surface area contributed by atoms with E-state index >= 15 is 0 Å². The van der Waals surface area contributed by atoms with Gasteiger partial charge in [-0.25, -0.2) is 0 Å². The summed E-state index contributed by atoms with van der Waals surface area (Å²) in [6.45, 7) is 3.08. The summed E-state index contributed by atoms with van der Waals surface area (Å²) in [5.74, 6) is 0.831. The molecular weight excluding hydrogens is 264 g/mol. The summed E-state index contributed by atoms with van der Waals surface area (Å²) in [7, 11) is 5.43. The third-order valence-electron chi connectivity index (χ3n) is 2.97. The van der Waals surface area contributed by atoms with Crippen molar-refractivity contribution in [2.45, 2.75) is 13.0 Å². The highest BCUT2D eigenvalue weighted by Crippen LogP contribution is 2.16. The number of halogens is 1. The first-order valence-electron chi connectivity index (χ1n) is 6.21. The number of ether oxygens (including phenoxy) is 1. The van der Waals surface area contributed by atoms with Crippen LogP contribution in [0.4, 0.5) is 0 Å². The van der Waals surface area contributed by atoms with Gasteiger partial charge in [-0.3, -0.25) is 9.69 Å². The minimum atomic E-state index is -0.155. The molecule has 5 heteroatoms. The average Bonchev–Trinajstić information content (AvgIpc) is 2.36. The molecule has 0 bridgehead atoms. The lowest BCUT2D eigenvalue weighted by Crippen LogP contribution is -2.44. The van der Waals surface area contributed by atoms with E-state index in [1.54, 1.807) is 31.1 Å². The zero-order valence-electron chi connectivity index (χ0n) is 11.9. The molecular formula is C14H21ClN2O2. The number of hydrogen-bond acceptors (Lipinski definition) is 3. The maximum atomic E-state index is 11.8. The lowest BCUT2D eigenvalue weighted by Gasteiger charge is -2.26. The van der Waals surface area contributed by atoms with Gasteiger partial charge < -0.3 is 9.64 Å². The van der Waals surface area contributed by atoms with Crippen molar-refractivity contribution in [2.75, 3.05) is 34.3 Å². The molecule has 0 aliphatic heterocycles. The summed E-state index contributed by atoms with van der Waals surface area (Å²) >= 11 is 5.87. The minimum absolute atomic E-state index is 0.0882. The van der Waals surface area contributed by atoms with E-state index in [9.17, 15) is 4.79 Å². The number of likely N-dealkylation sites (N-methyl/N-ethyl adjacent to an activating group) is 2. The Balaban J connectivity index is 2.38. The molecule has 0 spiro atoms. The van der Waals surface area contributed by atoms with E-state index < -0.39 is 0 Å². The van der Waals surface area contributed by atoms with Gasteiger partial charge in [-0.15, -0.1) is 0 Å². The van der Waals surface area contributed by atoms with Crippen LogP contribution in [0.15, 0.2) is 24.3 Å². The monoisotopic (exact) mass is 284 g/mol. The second kappa shape index (κ2) is 7.36. The fraction of sp³-hybridized carbons (Fsp3) is 0.500. The van der Waals surface area contributed by atoms with Gasteiger partial charge in [0, 0.05) is 25.7 Å². The molecule has 0 aliphatic rings. The van der Waals surface area contributed by atoms with Crippen LogP contribution in [-0.4, -0.2) is 56.0 Å². The van der Waals surface area contributed by atoms with E-state index in [-0.39, 0.29) is 11.9 Å². The van der Waals surface area contributed by atoms with Crippen LogP contribution in [0.2, 0.25) is 5.02 Å². The van der Waals surface area contributed by atoms with Crippen LogP contribution in [-0.2, 0) is 4.79 Å². The maximum absolute atomic E-state index is 11.8. The molecule has 0 N–H and O–H groups in total. The highest BCUT2D eigenvalue weighted by atomic mass is 35.5. The maximum Gasteiger partial charge on any atom is 0.239 e. The number of hydrogen-bond donors (Lipinski definition) is 0. The van der Waals surface area contributed by atoms with Crippen molar-refractivity contribution in [3.8, 4) is 5.75 Å². The summed E-state index contributed by atoms with van der Waals surface area (Å²) in [5, 5.41) is 0.655. The van der Waals surface area contributed by atoms with Gasteiger partial charge in [-0.05, 0) is 32.2 Å². The Morgan fingerprint density at radius 1 is 1.37 bits per heavy atom. The lowest BCUT2D eigenvalue weighted by molar-refractivity contribution is -0.133. The minimum Gasteiger partial charge on any atom is -0.492 e. The largest absolute Gasteiger partial charge is 0.492 e. The van der Waals surface area contributed by atoms with Crippen molar-refractivity contribution in [1.29, 1.82) is 0 Å². The predicted molar refractivity (Wildman–Crippen MR) is 77.7 cm³/mol. The molecule has 0 aromatic heterocycles. The first-order chi connectivity index (χ1) is 8.91. The first kappa shape index (κ1) is 15.8. The fourth-order valence-electron chi connectivity index (χ4n) is 1.62. The van der Waals surface area contributed by atoms with E-state index in [1.807, 2.05) is 31.0 Å². The molecule has 0 aliphatic carbocycles. The topological polar surface area (TPSA) is 32.8 Å². The number of rotatable bonds is 6. The van der Waals surface area contributed by atoms with Crippen LogP contribution in [0.1, 0.15) is 6.92 Å². The van der Waals surface area contributed by atoms with E-state index in [1.165, 1.54) is 0 Å². The molecule has 19 heavy (non-hydrogen) atoms. The van der Waals surface area contributed by atoms with Gasteiger partial charge in [0.1, 0.15) is 12.4 Å². The van der Waals surface area contributed by atoms with Crippen molar-refractivity contribution in [2.24, 2.45) is 0 Å². The number of benzene rings is 1. The molecule has 1 rings (SSSR count). The van der Waals surface area contributed by atoms with Crippen molar-refractivity contribution < 1.29 is 9.53 Å². The smallest absolute Gasteiger partial charge is 0.239 e. The Kier molecular flexibility index (Phi) is 6.12. The zero-order valence-corrected chi connectivity index (χ0v) is 12.6. The second-order valence-electron chi connectivity index (χ2n) is 4.70. The van der Waals surface area contributed by atoms with Gasteiger partial charge in [0.15, 0.2) is 0 Å². The molecule has 0 fully saturated rings. The molecule has 0 radical (unpaired) electrons. The zero-order chi connectivity index (χ0) is 14.4. The Morgan fingerprint density at radius 2 is 2.05 bits per heavy atom. The highest BCUT2D eigenvalue weighted by molar-refractivity contribution is 6.30. The van der Waals surface area contributed by atoms with Crippen molar-refractivity contribution >= 4 is 17.5 Å². The van der Waals surface area contributed by atoms with Gasteiger partial charge in [0.05, 0.1) is 6.04 Å². The summed E-state index contributed by atoms with van der Waals surface area (Å²) in [6.07, 6.45) is 0. The lowest BCUT2D eigenvalue weighted by atomic mass is 10.2. The molecule has 1 unspecified atom stereocenters. The third kappa shape index (κ3) is 5.09. The van der Waals surface area contributed by atoms with E-state index in [0.717, 1.165) is 5.75 Å². The van der Waals surface area contributed by atoms with Gasteiger partial charge in [0.2, 0.25) is 5.91 Å².